The van der Waals surface area contributed by atoms with Gasteiger partial charge in [-0.05, 0) is 38.8 Å². The van der Waals surface area contributed by atoms with Gasteiger partial charge in [0.2, 0.25) is 15.9 Å². The van der Waals surface area contributed by atoms with Crippen LogP contribution >= 0.6 is 0 Å². The lowest BCUT2D eigenvalue weighted by atomic mass is 10.2. The van der Waals surface area contributed by atoms with Crippen molar-refractivity contribution in [3.8, 4) is 5.75 Å². The maximum absolute atomic E-state index is 13.0. The number of nitrogens with one attached hydrogen (secondary N) is 1. The van der Waals surface area contributed by atoms with Gasteiger partial charge in [-0.1, -0.05) is 11.2 Å². The molecular formula is C17H21N3O5S. The number of benzene rings is 1. The van der Waals surface area contributed by atoms with E-state index in [0.29, 0.717) is 30.0 Å². The van der Waals surface area contributed by atoms with E-state index in [1.807, 2.05) is 0 Å². The predicted octanol–water partition coefficient (Wildman–Crippen LogP) is 2.09. The van der Waals surface area contributed by atoms with E-state index in [0.717, 1.165) is 0 Å². The molecule has 1 atom stereocenters. The van der Waals surface area contributed by atoms with Gasteiger partial charge in [-0.25, -0.2) is 8.42 Å². The zero-order chi connectivity index (χ0) is 18.9. The number of carbonyl (C=O) groups is 1. The van der Waals surface area contributed by atoms with E-state index in [9.17, 15) is 13.2 Å². The van der Waals surface area contributed by atoms with Crippen LogP contribution in [0, 0.1) is 13.8 Å². The molecule has 140 valence electrons. The molecule has 1 N–H and O–H groups in total. The van der Waals surface area contributed by atoms with Crippen molar-refractivity contribution < 1.29 is 22.5 Å². The van der Waals surface area contributed by atoms with E-state index in [-0.39, 0.29) is 23.1 Å². The quantitative estimate of drug-likeness (QED) is 0.853. The minimum absolute atomic E-state index is 0.0404. The highest BCUT2D eigenvalue weighted by Gasteiger charge is 2.41. The van der Waals surface area contributed by atoms with Gasteiger partial charge in [0.05, 0.1) is 7.11 Å². The van der Waals surface area contributed by atoms with Crippen LogP contribution in [0.4, 0.5) is 5.69 Å². The van der Waals surface area contributed by atoms with Crippen LogP contribution in [0.15, 0.2) is 33.7 Å². The van der Waals surface area contributed by atoms with Gasteiger partial charge in [-0.2, -0.15) is 4.31 Å². The molecule has 0 aliphatic carbocycles. The Bertz CT molecular complexity index is 903. The van der Waals surface area contributed by atoms with Crippen LogP contribution in [-0.4, -0.2) is 43.5 Å². The number of aromatic nitrogens is 1. The van der Waals surface area contributed by atoms with Gasteiger partial charge < -0.3 is 14.6 Å². The van der Waals surface area contributed by atoms with Gasteiger partial charge >= 0.3 is 0 Å². The molecule has 3 rings (SSSR count). The number of hydrogen-bond donors (Lipinski definition) is 1. The van der Waals surface area contributed by atoms with E-state index in [1.54, 1.807) is 38.1 Å². The molecule has 0 radical (unpaired) electrons. The van der Waals surface area contributed by atoms with Crippen molar-refractivity contribution in [3.05, 3.63) is 35.7 Å². The number of hydrogen-bond acceptors (Lipinski definition) is 6. The van der Waals surface area contributed by atoms with Crippen molar-refractivity contribution in [1.29, 1.82) is 0 Å². The SMILES string of the molecule is COc1cccc(NC(=O)[C@H]2CCCN2S(=O)(=O)c2c(C)noc2C)c1. The number of carbonyl (C=O) groups excluding carboxylic acids is 1. The van der Waals surface area contributed by atoms with Crippen molar-refractivity contribution in [2.75, 3.05) is 19.0 Å². The number of sulfonamides is 1. The molecule has 26 heavy (non-hydrogen) atoms. The van der Waals surface area contributed by atoms with E-state index >= 15 is 0 Å². The Morgan fingerprint density at radius 1 is 1.38 bits per heavy atom. The van der Waals surface area contributed by atoms with Crippen molar-refractivity contribution >= 4 is 21.6 Å². The third-order valence-corrected chi connectivity index (χ3v) is 6.53. The summed E-state index contributed by atoms with van der Waals surface area (Å²) in [5.41, 5.74) is 0.845. The third-order valence-electron chi connectivity index (χ3n) is 4.38. The second-order valence-corrected chi connectivity index (χ2v) is 7.98. The average Bonchev–Trinajstić information content (AvgIpc) is 3.22. The lowest BCUT2D eigenvalue weighted by molar-refractivity contribution is -0.119. The molecule has 1 aliphatic heterocycles. The van der Waals surface area contributed by atoms with Crippen molar-refractivity contribution in [2.24, 2.45) is 0 Å². The van der Waals surface area contributed by atoms with E-state index in [2.05, 4.69) is 10.5 Å². The van der Waals surface area contributed by atoms with Gasteiger partial charge in [0.1, 0.15) is 22.4 Å². The summed E-state index contributed by atoms with van der Waals surface area (Å²) in [6.07, 6.45) is 1.07. The molecule has 1 aliphatic rings. The normalized spacial score (nSPS) is 18.0. The zero-order valence-electron chi connectivity index (χ0n) is 14.9. The number of aryl methyl sites for hydroxylation is 2. The number of methoxy groups -OCH3 is 1. The van der Waals surface area contributed by atoms with Crippen LogP contribution in [0.1, 0.15) is 24.3 Å². The maximum atomic E-state index is 13.0. The first-order chi connectivity index (χ1) is 12.3. The van der Waals surface area contributed by atoms with Crippen molar-refractivity contribution in [1.82, 2.24) is 9.46 Å². The lowest BCUT2D eigenvalue weighted by Gasteiger charge is -2.23. The van der Waals surface area contributed by atoms with E-state index in [1.165, 1.54) is 11.4 Å². The fourth-order valence-corrected chi connectivity index (χ4v) is 5.13. The van der Waals surface area contributed by atoms with Crippen LogP contribution in [0.3, 0.4) is 0 Å². The van der Waals surface area contributed by atoms with Gasteiger partial charge in [0.25, 0.3) is 0 Å². The maximum Gasteiger partial charge on any atom is 0.249 e. The summed E-state index contributed by atoms with van der Waals surface area (Å²) in [7, 11) is -2.33. The average molecular weight is 379 g/mol. The molecule has 1 saturated heterocycles. The first-order valence-corrected chi connectivity index (χ1v) is 9.68. The summed E-state index contributed by atoms with van der Waals surface area (Å²) in [5.74, 6) is 0.460. The zero-order valence-corrected chi connectivity index (χ0v) is 15.7. The fourth-order valence-electron chi connectivity index (χ4n) is 3.18. The van der Waals surface area contributed by atoms with Crippen LogP contribution in [0.5, 0.6) is 5.75 Å². The largest absolute Gasteiger partial charge is 0.497 e. The molecular weight excluding hydrogens is 358 g/mol. The first-order valence-electron chi connectivity index (χ1n) is 8.24. The summed E-state index contributed by atoms with van der Waals surface area (Å²) in [6, 6.07) is 6.14. The number of nitrogens with zero attached hydrogens (tertiary/aromatic N) is 2. The molecule has 0 bridgehead atoms. The third kappa shape index (κ3) is 3.32. The highest BCUT2D eigenvalue weighted by Crippen LogP contribution is 2.30. The van der Waals surface area contributed by atoms with E-state index in [4.69, 9.17) is 9.26 Å². The molecule has 1 aromatic carbocycles. The molecule has 0 saturated carbocycles. The molecule has 1 fully saturated rings. The molecule has 1 aromatic heterocycles. The number of ether oxygens (including phenoxy) is 1. The lowest BCUT2D eigenvalue weighted by Crippen LogP contribution is -2.43. The Morgan fingerprint density at radius 3 is 2.81 bits per heavy atom. The van der Waals surface area contributed by atoms with Gasteiger partial charge in [-0.3, -0.25) is 4.79 Å². The summed E-state index contributed by atoms with van der Waals surface area (Å²) >= 11 is 0. The molecule has 8 nitrogen and oxygen atoms in total. The topological polar surface area (TPSA) is 102 Å². The monoisotopic (exact) mass is 379 g/mol. The second-order valence-electron chi connectivity index (χ2n) is 6.15. The number of amides is 1. The van der Waals surface area contributed by atoms with Crippen LogP contribution in [0.25, 0.3) is 0 Å². The summed E-state index contributed by atoms with van der Waals surface area (Å²) in [6.45, 7) is 3.40. The van der Waals surface area contributed by atoms with Crippen molar-refractivity contribution in [3.63, 3.8) is 0 Å². The minimum atomic E-state index is -3.86. The summed E-state index contributed by atoms with van der Waals surface area (Å²) in [4.78, 5) is 12.8. The summed E-state index contributed by atoms with van der Waals surface area (Å²) < 4.78 is 37.4. The Labute approximate surface area is 152 Å². The second kappa shape index (κ2) is 7.08. The van der Waals surface area contributed by atoms with Crippen LogP contribution in [0.2, 0.25) is 0 Å². The Kier molecular flexibility index (Phi) is 5.01. The smallest absolute Gasteiger partial charge is 0.249 e. The predicted molar refractivity (Wildman–Crippen MR) is 94.5 cm³/mol. The first kappa shape index (κ1) is 18.4. The number of anilines is 1. The molecule has 2 heterocycles. The van der Waals surface area contributed by atoms with E-state index < -0.39 is 16.1 Å². The molecule has 0 spiro atoms. The van der Waals surface area contributed by atoms with Gasteiger partial charge in [0.15, 0.2) is 5.76 Å². The highest BCUT2D eigenvalue weighted by molar-refractivity contribution is 7.89. The standard InChI is InChI=1S/C17H21N3O5S/c1-11-16(12(2)25-19-11)26(22,23)20-9-5-8-15(20)17(21)18-13-6-4-7-14(10-13)24-3/h4,6-7,10,15H,5,8-9H2,1-3H3,(H,18,21)/t15-/m1/s1. The molecule has 2 aromatic rings. The summed E-state index contributed by atoms with van der Waals surface area (Å²) in [5, 5.41) is 6.49. The molecule has 0 unspecified atom stereocenters. The Balaban J connectivity index is 1.84. The van der Waals surface area contributed by atoms with Crippen molar-refractivity contribution in [2.45, 2.75) is 37.6 Å². The molecule has 9 heteroatoms. The molecule has 1 amide bonds. The fraction of sp³-hybridized carbons (Fsp3) is 0.412. The Morgan fingerprint density at radius 2 is 2.15 bits per heavy atom. The van der Waals surface area contributed by atoms with Gasteiger partial charge in [0, 0.05) is 18.3 Å². The van der Waals surface area contributed by atoms with Gasteiger partial charge in [-0.15, -0.1) is 0 Å². The highest BCUT2D eigenvalue weighted by atomic mass is 32.2. The van der Waals surface area contributed by atoms with Crippen LogP contribution in [-0.2, 0) is 14.8 Å². The number of rotatable bonds is 5. The Hall–Kier alpha value is -2.39. The minimum Gasteiger partial charge on any atom is -0.497 e. The van der Waals surface area contributed by atoms with Crippen LogP contribution < -0.4 is 10.1 Å².